The van der Waals surface area contributed by atoms with E-state index in [2.05, 4.69) is 29.2 Å². The Morgan fingerprint density at radius 2 is 1.90 bits per heavy atom. The number of benzene rings is 1. The first-order valence-corrected chi connectivity index (χ1v) is 10.9. The number of halogens is 1. The van der Waals surface area contributed by atoms with Gasteiger partial charge in [-0.25, -0.2) is 9.07 Å². The molecule has 0 unspecified atom stereocenters. The molecule has 1 aromatic carbocycles. The molecule has 0 aliphatic carbocycles. The van der Waals surface area contributed by atoms with Crippen LogP contribution in [-0.4, -0.2) is 46.3 Å². The summed E-state index contributed by atoms with van der Waals surface area (Å²) in [6.45, 7) is 11.3. The molecular formula is C24H31FN4O2. The summed E-state index contributed by atoms with van der Waals surface area (Å²) in [4.78, 5) is 15.5. The van der Waals surface area contributed by atoms with Crippen LogP contribution in [0.2, 0.25) is 0 Å². The highest BCUT2D eigenvalue weighted by Gasteiger charge is 2.20. The van der Waals surface area contributed by atoms with Crippen molar-refractivity contribution in [1.29, 1.82) is 0 Å². The lowest BCUT2D eigenvalue weighted by atomic mass is 10.1. The summed E-state index contributed by atoms with van der Waals surface area (Å²) in [5.41, 5.74) is 1.54. The number of hydrogen-bond donors (Lipinski definition) is 1. The van der Waals surface area contributed by atoms with Crippen molar-refractivity contribution in [2.24, 2.45) is 0 Å². The van der Waals surface area contributed by atoms with Gasteiger partial charge >= 0.3 is 0 Å². The van der Waals surface area contributed by atoms with E-state index in [1.54, 1.807) is 18.2 Å². The van der Waals surface area contributed by atoms with Crippen molar-refractivity contribution in [1.82, 2.24) is 20.0 Å². The monoisotopic (exact) mass is 426 g/mol. The fourth-order valence-corrected chi connectivity index (χ4v) is 3.55. The first-order chi connectivity index (χ1) is 14.9. The number of rotatable bonds is 10. The number of aryl methyl sites for hydroxylation is 1. The Morgan fingerprint density at radius 3 is 2.52 bits per heavy atom. The van der Waals surface area contributed by atoms with E-state index in [-0.39, 0.29) is 17.8 Å². The van der Waals surface area contributed by atoms with Crippen molar-refractivity contribution in [3.05, 3.63) is 59.7 Å². The third-order valence-electron chi connectivity index (χ3n) is 5.39. The SMILES string of the molecule is CCN(CC)CCC[C@@H](C)NC(=O)c1cc(-c2ccc(C)o2)nn1-c1ccc(F)cc1. The number of aromatic nitrogens is 2. The molecule has 2 heterocycles. The molecule has 0 saturated carbocycles. The number of carbonyl (C=O) groups excluding carboxylic acids is 1. The maximum atomic E-state index is 13.4. The molecule has 3 rings (SSSR count). The van der Waals surface area contributed by atoms with Crippen LogP contribution in [0.25, 0.3) is 17.1 Å². The lowest BCUT2D eigenvalue weighted by Crippen LogP contribution is -2.34. The molecule has 0 bridgehead atoms. The quantitative estimate of drug-likeness (QED) is 0.505. The Kier molecular flexibility index (Phi) is 7.63. The molecule has 3 aromatic rings. The van der Waals surface area contributed by atoms with Crippen LogP contribution in [-0.2, 0) is 0 Å². The van der Waals surface area contributed by atoms with E-state index < -0.39 is 0 Å². The molecule has 0 radical (unpaired) electrons. The van der Waals surface area contributed by atoms with Crippen LogP contribution < -0.4 is 5.32 Å². The summed E-state index contributed by atoms with van der Waals surface area (Å²) in [7, 11) is 0. The fraction of sp³-hybridized carbons (Fsp3) is 0.417. The molecule has 0 spiro atoms. The van der Waals surface area contributed by atoms with Crippen LogP contribution in [0.5, 0.6) is 0 Å². The van der Waals surface area contributed by atoms with Crippen molar-refractivity contribution in [2.45, 2.75) is 46.6 Å². The molecule has 2 aromatic heterocycles. The third kappa shape index (κ3) is 5.82. The van der Waals surface area contributed by atoms with Crippen molar-refractivity contribution in [2.75, 3.05) is 19.6 Å². The van der Waals surface area contributed by atoms with E-state index in [0.29, 0.717) is 22.8 Å². The van der Waals surface area contributed by atoms with E-state index in [9.17, 15) is 9.18 Å². The first kappa shape index (κ1) is 22.7. The Balaban J connectivity index is 1.78. The molecule has 0 fully saturated rings. The zero-order valence-electron chi connectivity index (χ0n) is 18.7. The number of carbonyl (C=O) groups is 1. The van der Waals surface area contributed by atoms with Gasteiger partial charge in [-0.1, -0.05) is 13.8 Å². The van der Waals surface area contributed by atoms with E-state index in [4.69, 9.17) is 4.42 Å². The second kappa shape index (κ2) is 10.4. The van der Waals surface area contributed by atoms with Crippen molar-refractivity contribution in [3.8, 4) is 17.1 Å². The van der Waals surface area contributed by atoms with Gasteiger partial charge in [0.15, 0.2) is 5.76 Å². The van der Waals surface area contributed by atoms with Crippen LogP contribution in [0.1, 0.15) is 49.9 Å². The predicted octanol–water partition coefficient (Wildman–Crippen LogP) is 4.82. The lowest BCUT2D eigenvalue weighted by molar-refractivity contribution is 0.0929. The predicted molar refractivity (Wildman–Crippen MR) is 120 cm³/mol. The summed E-state index contributed by atoms with van der Waals surface area (Å²) in [6.07, 6.45) is 1.90. The van der Waals surface area contributed by atoms with Gasteiger partial charge in [0.05, 0.1) is 5.69 Å². The second-order valence-electron chi connectivity index (χ2n) is 7.76. The van der Waals surface area contributed by atoms with Gasteiger partial charge in [0.25, 0.3) is 5.91 Å². The van der Waals surface area contributed by atoms with E-state index in [1.807, 2.05) is 26.0 Å². The second-order valence-corrected chi connectivity index (χ2v) is 7.76. The zero-order valence-corrected chi connectivity index (χ0v) is 18.7. The minimum Gasteiger partial charge on any atom is -0.460 e. The Hall–Kier alpha value is -2.93. The molecule has 0 saturated heterocycles. The van der Waals surface area contributed by atoms with Gasteiger partial charge in [-0.15, -0.1) is 0 Å². The highest BCUT2D eigenvalue weighted by molar-refractivity contribution is 5.94. The molecule has 6 nitrogen and oxygen atoms in total. The summed E-state index contributed by atoms with van der Waals surface area (Å²) in [5, 5.41) is 7.64. The van der Waals surface area contributed by atoms with E-state index >= 15 is 0 Å². The average Bonchev–Trinajstić information content (AvgIpc) is 3.38. The van der Waals surface area contributed by atoms with Crippen molar-refractivity contribution >= 4 is 5.91 Å². The lowest BCUT2D eigenvalue weighted by Gasteiger charge is -2.20. The average molecular weight is 427 g/mol. The van der Waals surface area contributed by atoms with Gasteiger partial charge in [0.2, 0.25) is 0 Å². The molecule has 1 atom stereocenters. The highest BCUT2D eigenvalue weighted by Crippen LogP contribution is 2.24. The fourth-order valence-electron chi connectivity index (χ4n) is 3.55. The number of amides is 1. The van der Waals surface area contributed by atoms with Crippen LogP contribution in [0.15, 0.2) is 46.9 Å². The smallest absolute Gasteiger partial charge is 0.270 e. The van der Waals surface area contributed by atoms with E-state index in [0.717, 1.165) is 38.2 Å². The first-order valence-electron chi connectivity index (χ1n) is 10.9. The van der Waals surface area contributed by atoms with Crippen LogP contribution in [0.4, 0.5) is 4.39 Å². The van der Waals surface area contributed by atoms with Gasteiger partial charge in [-0.2, -0.15) is 5.10 Å². The molecule has 31 heavy (non-hydrogen) atoms. The number of nitrogens with zero attached hydrogens (tertiary/aromatic N) is 3. The van der Waals surface area contributed by atoms with Crippen molar-refractivity contribution < 1.29 is 13.6 Å². The van der Waals surface area contributed by atoms with Crippen molar-refractivity contribution in [3.63, 3.8) is 0 Å². The molecule has 1 amide bonds. The maximum absolute atomic E-state index is 13.4. The number of nitrogens with one attached hydrogen (secondary N) is 1. The molecule has 0 aliphatic heterocycles. The molecule has 0 aliphatic rings. The summed E-state index contributed by atoms with van der Waals surface area (Å²) >= 11 is 0. The van der Waals surface area contributed by atoms with Gasteiger partial charge in [0, 0.05) is 12.1 Å². The normalized spacial score (nSPS) is 12.3. The summed E-state index contributed by atoms with van der Waals surface area (Å²) in [6, 6.07) is 11.3. The molecule has 1 N–H and O–H groups in total. The largest absolute Gasteiger partial charge is 0.460 e. The van der Waals surface area contributed by atoms with E-state index in [1.165, 1.54) is 16.8 Å². The Bertz CT molecular complexity index is 989. The van der Waals surface area contributed by atoms with Crippen LogP contribution in [0.3, 0.4) is 0 Å². The molecular weight excluding hydrogens is 395 g/mol. The van der Waals surface area contributed by atoms with Gasteiger partial charge < -0.3 is 14.6 Å². The minimum absolute atomic E-state index is 0.0222. The topological polar surface area (TPSA) is 63.3 Å². The Morgan fingerprint density at radius 1 is 1.19 bits per heavy atom. The number of hydrogen-bond acceptors (Lipinski definition) is 4. The maximum Gasteiger partial charge on any atom is 0.270 e. The van der Waals surface area contributed by atoms with Gasteiger partial charge in [-0.05, 0) is 82.7 Å². The Labute approximate surface area is 183 Å². The van der Waals surface area contributed by atoms with Crippen LogP contribution >= 0.6 is 0 Å². The summed E-state index contributed by atoms with van der Waals surface area (Å²) < 4.78 is 20.6. The van der Waals surface area contributed by atoms with Crippen LogP contribution in [0, 0.1) is 12.7 Å². The standard InChI is InChI=1S/C24H31FN4O2/c1-5-28(6-2)15-7-8-17(3)26-24(30)22-16-21(23-14-9-18(4)31-23)27-29(22)20-12-10-19(25)11-13-20/h9-14,16-17H,5-8,15H2,1-4H3,(H,26,30)/t17-/m1/s1. The highest BCUT2D eigenvalue weighted by atomic mass is 19.1. The zero-order chi connectivity index (χ0) is 22.4. The third-order valence-corrected chi connectivity index (χ3v) is 5.39. The molecule has 166 valence electrons. The number of furan rings is 1. The summed E-state index contributed by atoms with van der Waals surface area (Å²) in [5.74, 6) is 0.783. The minimum atomic E-state index is -0.342. The van der Waals surface area contributed by atoms with Gasteiger partial charge in [-0.3, -0.25) is 4.79 Å². The molecule has 7 heteroatoms. The van der Waals surface area contributed by atoms with Gasteiger partial charge in [0.1, 0.15) is 23.0 Å².